The summed E-state index contributed by atoms with van der Waals surface area (Å²) < 4.78 is 17.6. The number of imidazole rings is 1. The summed E-state index contributed by atoms with van der Waals surface area (Å²) in [5.74, 6) is -0.323. The number of carbonyl (C=O) groups excluding carboxylic acids is 1. The van der Waals surface area contributed by atoms with Crippen molar-refractivity contribution in [3.63, 3.8) is 0 Å². The zero-order valence-corrected chi connectivity index (χ0v) is 15.2. The Hall–Kier alpha value is -2.77. The fourth-order valence-corrected chi connectivity index (χ4v) is 4.76. The zero-order valence-electron chi connectivity index (χ0n) is 14.4. The van der Waals surface area contributed by atoms with E-state index in [4.69, 9.17) is 5.73 Å². The van der Waals surface area contributed by atoms with Crippen molar-refractivity contribution < 1.29 is 9.18 Å². The molecule has 2 aromatic carbocycles. The molecule has 5 rings (SSSR count). The van der Waals surface area contributed by atoms with Gasteiger partial charge in [-0.1, -0.05) is 17.4 Å². The Morgan fingerprint density at radius 3 is 2.93 bits per heavy atom. The number of aromatic nitrogens is 2. The molecule has 0 spiro atoms. The number of nitrogens with one attached hydrogen (secondary N) is 1. The first-order chi connectivity index (χ1) is 13.1. The highest BCUT2D eigenvalue weighted by atomic mass is 32.1. The van der Waals surface area contributed by atoms with Crippen LogP contribution in [0.15, 0.2) is 42.6 Å². The van der Waals surface area contributed by atoms with Gasteiger partial charge >= 0.3 is 0 Å². The van der Waals surface area contributed by atoms with Gasteiger partial charge in [-0.3, -0.25) is 9.20 Å². The molecule has 3 N–H and O–H groups in total. The van der Waals surface area contributed by atoms with E-state index in [2.05, 4.69) is 10.3 Å². The predicted molar refractivity (Wildman–Crippen MR) is 105 cm³/mol. The minimum atomic E-state index is -0.455. The molecule has 1 amide bonds. The molecule has 0 aliphatic carbocycles. The van der Waals surface area contributed by atoms with Gasteiger partial charge in [0.05, 0.1) is 15.9 Å². The van der Waals surface area contributed by atoms with E-state index in [1.165, 1.54) is 11.3 Å². The molecule has 1 saturated heterocycles. The summed E-state index contributed by atoms with van der Waals surface area (Å²) in [6.07, 6.45) is 2.88. The third-order valence-electron chi connectivity index (χ3n) is 5.18. The molecule has 1 aliphatic rings. The van der Waals surface area contributed by atoms with Crippen molar-refractivity contribution in [2.45, 2.75) is 12.3 Å². The van der Waals surface area contributed by atoms with Crippen LogP contribution in [0.25, 0.3) is 26.4 Å². The van der Waals surface area contributed by atoms with Crippen molar-refractivity contribution in [1.82, 2.24) is 14.7 Å². The minimum absolute atomic E-state index is 0.245. The smallest absolute Gasteiger partial charge is 0.248 e. The molecule has 136 valence electrons. The monoisotopic (exact) mass is 380 g/mol. The van der Waals surface area contributed by atoms with E-state index in [-0.39, 0.29) is 5.82 Å². The average Bonchev–Trinajstić information content (AvgIpc) is 3.37. The van der Waals surface area contributed by atoms with Gasteiger partial charge in [0.1, 0.15) is 5.82 Å². The van der Waals surface area contributed by atoms with Gasteiger partial charge in [0, 0.05) is 23.9 Å². The highest BCUT2D eigenvalue weighted by Crippen LogP contribution is 2.32. The van der Waals surface area contributed by atoms with Gasteiger partial charge in [-0.25, -0.2) is 9.37 Å². The largest absolute Gasteiger partial charge is 0.366 e. The number of nitrogens with zero attached hydrogens (tertiary/aromatic N) is 2. The molecule has 1 atom stereocenters. The minimum Gasteiger partial charge on any atom is -0.366 e. The van der Waals surface area contributed by atoms with Gasteiger partial charge < -0.3 is 11.1 Å². The van der Waals surface area contributed by atoms with E-state index in [0.29, 0.717) is 22.7 Å². The molecule has 1 fully saturated rings. The number of primary amides is 1. The lowest BCUT2D eigenvalue weighted by Crippen LogP contribution is -2.10. The van der Waals surface area contributed by atoms with Gasteiger partial charge in [-0.2, -0.15) is 0 Å². The summed E-state index contributed by atoms with van der Waals surface area (Å²) in [6.45, 7) is 1.88. The van der Waals surface area contributed by atoms with Gasteiger partial charge in [0.25, 0.3) is 0 Å². The second-order valence-electron chi connectivity index (χ2n) is 6.86. The summed E-state index contributed by atoms with van der Waals surface area (Å²) in [5, 5.41) is 3.31. The van der Waals surface area contributed by atoms with E-state index in [9.17, 15) is 9.18 Å². The Morgan fingerprint density at radius 1 is 1.30 bits per heavy atom. The highest BCUT2D eigenvalue weighted by molar-refractivity contribution is 7.23. The lowest BCUT2D eigenvalue weighted by atomic mass is 9.96. The molecule has 1 aliphatic heterocycles. The van der Waals surface area contributed by atoms with Gasteiger partial charge in [0.2, 0.25) is 5.91 Å². The summed E-state index contributed by atoms with van der Waals surface area (Å²) in [7, 11) is 0. The number of thiazole rings is 1. The number of nitrogens with two attached hydrogens (primary N) is 1. The van der Waals surface area contributed by atoms with E-state index in [1.807, 2.05) is 28.8 Å². The Labute approximate surface area is 158 Å². The van der Waals surface area contributed by atoms with Crippen molar-refractivity contribution in [2.75, 3.05) is 13.1 Å². The number of benzene rings is 2. The van der Waals surface area contributed by atoms with Crippen LogP contribution in [0, 0.1) is 5.82 Å². The lowest BCUT2D eigenvalue weighted by molar-refractivity contribution is 0.100. The molecule has 5 nitrogen and oxygen atoms in total. The number of hydrogen-bond acceptors (Lipinski definition) is 4. The zero-order chi connectivity index (χ0) is 18.5. The predicted octanol–water partition coefficient (Wildman–Crippen LogP) is 3.53. The first kappa shape index (κ1) is 16.4. The van der Waals surface area contributed by atoms with Crippen molar-refractivity contribution in [2.24, 2.45) is 5.73 Å². The molecule has 0 saturated carbocycles. The molecule has 4 aromatic rings. The number of fused-ring (bicyclic) bond motifs is 3. The molecule has 1 unspecified atom stereocenters. The SMILES string of the molecule is NC(=O)c1ccc2c(c1)sc1nc(-c3ccc(C4CCNC4)cc3F)cn12. The number of hydrogen-bond donors (Lipinski definition) is 2. The quantitative estimate of drug-likeness (QED) is 0.571. The Kier molecular flexibility index (Phi) is 3.73. The molecular weight excluding hydrogens is 363 g/mol. The van der Waals surface area contributed by atoms with Crippen LogP contribution in [0.5, 0.6) is 0 Å². The van der Waals surface area contributed by atoms with Crippen LogP contribution in [0.1, 0.15) is 28.3 Å². The average molecular weight is 380 g/mol. The number of rotatable bonds is 3. The summed E-state index contributed by atoms with van der Waals surface area (Å²) in [6, 6.07) is 10.8. The maximum Gasteiger partial charge on any atom is 0.248 e. The molecule has 0 radical (unpaired) electrons. The highest BCUT2D eigenvalue weighted by Gasteiger charge is 2.19. The first-order valence-corrected chi connectivity index (χ1v) is 9.64. The lowest BCUT2D eigenvalue weighted by Gasteiger charge is -2.10. The molecule has 27 heavy (non-hydrogen) atoms. The number of halogens is 1. The first-order valence-electron chi connectivity index (χ1n) is 8.82. The number of carbonyl (C=O) groups is 1. The van der Waals surface area contributed by atoms with Crippen molar-refractivity contribution in [3.8, 4) is 11.3 Å². The summed E-state index contributed by atoms with van der Waals surface area (Å²) >= 11 is 1.45. The Balaban J connectivity index is 1.56. The van der Waals surface area contributed by atoms with E-state index in [1.54, 1.807) is 18.2 Å². The van der Waals surface area contributed by atoms with Crippen molar-refractivity contribution >= 4 is 32.4 Å². The third-order valence-corrected chi connectivity index (χ3v) is 6.20. The summed E-state index contributed by atoms with van der Waals surface area (Å²) in [5.41, 5.74) is 8.88. The normalized spacial score (nSPS) is 17.1. The van der Waals surface area contributed by atoms with Gasteiger partial charge in [-0.05, 0) is 54.8 Å². The summed E-state index contributed by atoms with van der Waals surface area (Å²) in [4.78, 5) is 16.7. The second kappa shape index (κ2) is 6.14. The van der Waals surface area contributed by atoms with Crippen LogP contribution in [-0.4, -0.2) is 28.4 Å². The van der Waals surface area contributed by atoms with Crippen LogP contribution < -0.4 is 11.1 Å². The van der Waals surface area contributed by atoms with Crippen molar-refractivity contribution in [3.05, 3.63) is 59.5 Å². The second-order valence-corrected chi connectivity index (χ2v) is 7.87. The maximum absolute atomic E-state index is 14.8. The van der Waals surface area contributed by atoms with Crippen LogP contribution in [0.4, 0.5) is 4.39 Å². The van der Waals surface area contributed by atoms with E-state index < -0.39 is 5.91 Å². The van der Waals surface area contributed by atoms with Crippen LogP contribution in [-0.2, 0) is 0 Å². The molecule has 7 heteroatoms. The van der Waals surface area contributed by atoms with Crippen molar-refractivity contribution in [1.29, 1.82) is 0 Å². The molecule has 2 aromatic heterocycles. The van der Waals surface area contributed by atoms with Crippen LogP contribution in [0.3, 0.4) is 0 Å². The van der Waals surface area contributed by atoms with Gasteiger partial charge in [0.15, 0.2) is 4.96 Å². The maximum atomic E-state index is 14.8. The topological polar surface area (TPSA) is 72.4 Å². The van der Waals surface area contributed by atoms with E-state index >= 15 is 0 Å². The Morgan fingerprint density at radius 2 is 2.19 bits per heavy atom. The molecule has 3 heterocycles. The van der Waals surface area contributed by atoms with Crippen LogP contribution >= 0.6 is 11.3 Å². The standard InChI is InChI=1S/C20H17FN4OS/c21-15-7-11(13-5-6-23-9-13)1-3-14(15)16-10-25-17-4-2-12(19(22)26)8-18(17)27-20(25)24-16/h1-4,7-8,10,13,23H,5-6,9H2,(H2,22,26). The van der Waals surface area contributed by atoms with Gasteiger partial charge in [-0.15, -0.1) is 0 Å². The van der Waals surface area contributed by atoms with E-state index in [0.717, 1.165) is 40.3 Å². The third kappa shape index (κ3) is 2.70. The fourth-order valence-electron chi connectivity index (χ4n) is 3.72. The fraction of sp³-hybridized carbons (Fsp3) is 0.200. The Bertz CT molecular complexity index is 1190. The molecular formula is C20H17FN4OS. The van der Waals surface area contributed by atoms with Crippen LogP contribution in [0.2, 0.25) is 0 Å². The number of amides is 1. The molecule has 0 bridgehead atoms.